The summed E-state index contributed by atoms with van der Waals surface area (Å²) in [5.74, 6) is -0.292. The fraction of sp³-hybridized carbons (Fsp3) is 0.500. The van der Waals surface area contributed by atoms with E-state index in [1.807, 2.05) is 13.8 Å². The Morgan fingerprint density at radius 1 is 1.38 bits per heavy atom. The van der Waals surface area contributed by atoms with Crippen molar-refractivity contribution in [1.29, 1.82) is 0 Å². The van der Waals surface area contributed by atoms with Gasteiger partial charge in [0, 0.05) is 24.5 Å². The van der Waals surface area contributed by atoms with Gasteiger partial charge in [-0.05, 0) is 32.0 Å². The molecule has 2 N–H and O–H groups in total. The Bertz CT molecular complexity index is 372. The van der Waals surface area contributed by atoms with Crippen LogP contribution in [0, 0.1) is 5.82 Å². The molecule has 16 heavy (non-hydrogen) atoms. The van der Waals surface area contributed by atoms with Gasteiger partial charge in [0.2, 0.25) is 0 Å². The van der Waals surface area contributed by atoms with E-state index in [4.69, 9.17) is 10.5 Å². The third-order valence-corrected chi connectivity index (χ3v) is 2.70. The van der Waals surface area contributed by atoms with Crippen LogP contribution in [0.1, 0.15) is 13.8 Å². The summed E-state index contributed by atoms with van der Waals surface area (Å²) in [5, 5.41) is 0. The van der Waals surface area contributed by atoms with Crippen molar-refractivity contribution in [2.45, 2.75) is 19.4 Å². The molecule has 0 aromatic heterocycles. The standard InChI is InChI=1S/C12H17FN2O/c1-12(2)8-15(3-4-16-12)11-6-9(13)5-10(14)7-11/h5-7H,3-4,8,14H2,1-2H3. The number of nitrogens with two attached hydrogens (primary N) is 1. The molecular formula is C12H17FN2O. The van der Waals surface area contributed by atoms with E-state index < -0.39 is 0 Å². The van der Waals surface area contributed by atoms with E-state index in [2.05, 4.69) is 4.90 Å². The summed E-state index contributed by atoms with van der Waals surface area (Å²) < 4.78 is 18.8. The van der Waals surface area contributed by atoms with Gasteiger partial charge in [-0.25, -0.2) is 4.39 Å². The minimum Gasteiger partial charge on any atom is -0.399 e. The molecule has 4 heteroatoms. The van der Waals surface area contributed by atoms with Crippen LogP contribution >= 0.6 is 0 Å². The number of hydrogen-bond acceptors (Lipinski definition) is 3. The van der Waals surface area contributed by atoms with Crippen LogP contribution < -0.4 is 10.6 Å². The maximum atomic E-state index is 13.2. The van der Waals surface area contributed by atoms with E-state index >= 15 is 0 Å². The Morgan fingerprint density at radius 2 is 2.12 bits per heavy atom. The second kappa shape index (κ2) is 3.94. The molecule has 0 aliphatic carbocycles. The van der Waals surface area contributed by atoms with Crippen LogP contribution in [-0.2, 0) is 4.74 Å². The van der Waals surface area contributed by atoms with Crippen LogP contribution in [0.2, 0.25) is 0 Å². The third kappa shape index (κ3) is 2.44. The molecule has 0 atom stereocenters. The molecule has 88 valence electrons. The molecule has 1 aliphatic heterocycles. The van der Waals surface area contributed by atoms with Gasteiger partial charge in [0.05, 0.1) is 12.2 Å². The fourth-order valence-electron chi connectivity index (χ4n) is 2.02. The summed E-state index contributed by atoms with van der Waals surface area (Å²) in [6, 6.07) is 4.64. The summed E-state index contributed by atoms with van der Waals surface area (Å²) in [6.07, 6.45) is 0. The van der Waals surface area contributed by atoms with Crippen molar-refractivity contribution in [3.63, 3.8) is 0 Å². The molecule has 0 unspecified atom stereocenters. The summed E-state index contributed by atoms with van der Waals surface area (Å²) in [6.45, 7) is 6.23. The molecule has 0 saturated carbocycles. The van der Waals surface area contributed by atoms with Crippen LogP contribution in [0.15, 0.2) is 18.2 Å². The number of halogens is 1. The quantitative estimate of drug-likeness (QED) is 0.742. The highest BCUT2D eigenvalue weighted by atomic mass is 19.1. The van der Waals surface area contributed by atoms with Crippen molar-refractivity contribution < 1.29 is 9.13 Å². The normalized spacial score (nSPS) is 19.8. The van der Waals surface area contributed by atoms with Gasteiger partial charge in [0.15, 0.2) is 0 Å². The maximum absolute atomic E-state index is 13.2. The van der Waals surface area contributed by atoms with Crippen LogP contribution in [0.4, 0.5) is 15.8 Å². The lowest BCUT2D eigenvalue weighted by molar-refractivity contribution is -0.0277. The Labute approximate surface area is 95.0 Å². The van der Waals surface area contributed by atoms with Crippen molar-refractivity contribution in [3.8, 4) is 0 Å². The van der Waals surface area contributed by atoms with Crippen molar-refractivity contribution in [1.82, 2.24) is 0 Å². The lowest BCUT2D eigenvalue weighted by atomic mass is 10.1. The largest absolute Gasteiger partial charge is 0.399 e. The molecular weight excluding hydrogens is 207 g/mol. The van der Waals surface area contributed by atoms with Gasteiger partial charge in [-0.2, -0.15) is 0 Å². The van der Waals surface area contributed by atoms with Gasteiger partial charge in [-0.3, -0.25) is 0 Å². The molecule has 1 aromatic carbocycles. The Kier molecular flexibility index (Phi) is 2.76. The number of morpholine rings is 1. The molecule has 0 amide bonds. The van der Waals surface area contributed by atoms with Crippen molar-refractivity contribution in [2.24, 2.45) is 0 Å². The average molecular weight is 224 g/mol. The second-order valence-electron chi connectivity index (χ2n) is 4.77. The van der Waals surface area contributed by atoms with Gasteiger partial charge in [-0.1, -0.05) is 0 Å². The number of hydrogen-bond donors (Lipinski definition) is 1. The predicted molar refractivity (Wildman–Crippen MR) is 63.1 cm³/mol. The lowest BCUT2D eigenvalue weighted by Gasteiger charge is -2.39. The zero-order valence-electron chi connectivity index (χ0n) is 9.66. The number of ether oxygens (including phenoxy) is 1. The molecule has 1 fully saturated rings. The predicted octanol–water partition coefficient (Wildman–Crippen LogP) is 2.02. The molecule has 1 saturated heterocycles. The van der Waals surface area contributed by atoms with E-state index in [0.29, 0.717) is 12.3 Å². The zero-order chi connectivity index (χ0) is 11.8. The Hall–Kier alpha value is -1.29. The highest BCUT2D eigenvalue weighted by molar-refractivity contribution is 5.56. The maximum Gasteiger partial charge on any atom is 0.127 e. The second-order valence-corrected chi connectivity index (χ2v) is 4.77. The molecule has 0 radical (unpaired) electrons. The number of anilines is 2. The van der Waals surface area contributed by atoms with Gasteiger partial charge in [0.25, 0.3) is 0 Å². The number of benzene rings is 1. The molecule has 0 spiro atoms. The minimum absolute atomic E-state index is 0.195. The topological polar surface area (TPSA) is 38.5 Å². The molecule has 0 bridgehead atoms. The third-order valence-electron chi connectivity index (χ3n) is 2.70. The Morgan fingerprint density at radius 3 is 2.75 bits per heavy atom. The van der Waals surface area contributed by atoms with Gasteiger partial charge >= 0.3 is 0 Å². The van der Waals surface area contributed by atoms with Crippen molar-refractivity contribution >= 4 is 11.4 Å². The van der Waals surface area contributed by atoms with Crippen molar-refractivity contribution in [3.05, 3.63) is 24.0 Å². The first-order valence-electron chi connectivity index (χ1n) is 5.41. The summed E-state index contributed by atoms with van der Waals surface area (Å²) in [7, 11) is 0. The van der Waals surface area contributed by atoms with Gasteiger partial charge in [-0.15, -0.1) is 0 Å². The van der Waals surface area contributed by atoms with E-state index in [9.17, 15) is 4.39 Å². The van der Waals surface area contributed by atoms with E-state index in [-0.39, 0.29) is 11.4 Å². The highest BCUT2D eigenvalue weighted by Crippen LogP contribution is 2.25. The number of nitrogen functional groups attached to an aromatic ring is 1. The SMILES string of the molecule is CC1(C)CN(c2cc(N)cc(F)c2)CCO1. The van der Waals surface area contributed by atoms with Crippen LogP contribution in [0.5, 0.6) is 0 Å². The lowest BCUT2D eigenvalue weighted by Crippen LogP contribution is -2.48. The van der Waals surface area contributed by atoms with Crippen LogP contribution in [0.25, 0.3) is 0 Å². The minimum atomic E-state index is -0.292. The number of rotatable bonds is 1. The first-order valence-corrected chi connectivity index (χ1v) is 5.41. The molecule has 3 nitrogen and oxygen atoms in total. The first-order chi connectivity index (χ1) is 7.46. The number of nitrogens with zero attached hydrogens (tertiary/aromatic N) is 1. The average Bonchev–Trinajstić information content (AvgIpc) is 2.14. The summed E-state index contributed by atoms with van der Waals surface area (Å²) in [4.78, 5) is 2.10. The van der Waals surface area contributed by atoms with E-state index in [1.165, 1.54) is 12.1 Å². The van der Waals surface area contributed by atoms with Gasteiger partial charge in [0.1, 0.15) is 5.82 Å². The monoisotopic (exact) mass is 224 g/mol. The van der Waals surface area contributed by atoms with E-state index in [0.717, 1.165) is 18.8 Å². The Balaban J connectivity index is 2.23. The highest BCUT2D eigenvalue weighted by Gasteiger charge is 2.27. The van der Waals surface area contributed by atoms with Crippen LogP contribution in [0.3, 0.4) is 0 Å². The van der Waals surface area contributed by atoms with Gasteiger partial charge < -0.3 is 15.4 Å². The molecule has 2 rings (SSSR count). The van der Waals surface area contributed by atoms with Crippen LogP contribution in [-0.4, -0.2) is 25.3 Å². The fourth-order valence-corrected chi connectivity index (χ4v) is 2.02. The first kappa shape index (κ1) is 11.2. The smallest absolute Gasteiger partial charge is 0.127 e. The summed E-state index contributed by atoms with van der Waals surface area (Å²) >= 11 is 0. The molecule has 1 aromatic rings. The van der Waals surface area contributed by atoms with E-state index in [1.54, 1.807) is 6.07 Å². The summed E-state index contributed by atoms with van der Waals surface area (Å²) in [5.41, 5.74) is 6.73. The zero-order valence-corrected chi connectivity index (χ0v) is 9.66. The molecule has 1 heterocycles. The van der Waals surface area contributed by atoms with Crippen molar-refractivity contribution in [2.75, 3.05) is 30.3 Å². The molecule has 1 aliphatic rings.